The molecular weight excluding hydrogens is 268 g/mol. The summed E-state index contributed by atoms with van der Waals surface area (Å²) in [6.07, 6.45) is 3.61. The van der Waals surface area contributed by atoms with Crippen LogP contribution >= 0.6 is 11.8 Å². The minimum absolute atomic E-state index is 0.638. The van der Waals surface area contributed by atoms with Crippen LogP contribution in [0.2, 0.25) is 0 Å². The number of thioether (sulfide) groups is 1. The van der Waals surface area contributed by atoms with Gasteiger partial charge in [-0.1, -0.05) is 0 Å². The third-order valence-corrected chi connectivity index (χ3v) is 3.75. The molecule has 0 N–H and O–H groups in total. The fraction of sp³-hybridized carbons (Fsp3) is 0.188. The van der Waals surface area contributed by atoms with Crippen molar-refractivity contribution < 1.29 is 4.74 Å². The zero-order chi connectivity index (χ0) is 14.5. The maximum Gasteiger partial charge on any atom is 0.216 e. The highest BCUT2D eigenvalue weighted by Crippen LogP contribution is 2.19. The lowest BCUT2D eigenvalue weighted by Crippen LogP contribution is -2.08. The second-order valence-electron chi connectivity index (χ2n) is 4.64. The van der Waals surface area contributed by atoms with Crippen LogP contribution < -0.4 is 4.90 Å². The van der Waals surface area contributed by atoms with E-state index in [0.29, 0.717) is 5.69 Å². The second kappa shape index (κ2) is 6.48. The minimum Gasteiger partial charge on any atom is -0.618 e. The van der Waals surface area contributed by atoms with Crippen LogP contribution in [0.3, 0.4) is 0 Å². The molecule has 0 bridgehead atoms. The van der Waals surface area contributed by atoms with Gasteiger partial charge in [-0.3, -0.25) is 0 Å². The predicted octanol–water partition coefficient (Wildman–Crippen LogP) is 3.74. The third-order valence-electron chi connectivity index (χ3n) is 3.00. The standard InChI is InChI=1S/C16H18N2OS/c1-17(2)14-6-4-13(5-7-14)12-18(19)15-8-10-16(20-3)11-9-15/h4-12H,1-3H3/b18-12-. The monoisotopic (exact) mass is 286 g/mol. The van der Waals surface area contributed by atoms with Crippen molar-refractivity contribution in [1.82, 2.24) is 0 Å². The zero-order valence-corrected chi connectivity index (χ0v) is 12.7. The lowest BCUT2D eigenvalue weighted by atomic mass is 10.2. The summed E-state index contributed by atoms with van der Waals surface area (Å²) >= 11 is 1.66. The molecule has 104 valence electrons. The van der Waals surface area contributed by atoms with Gasteiger partial charge < -0.3 is 10.1 Å². The third kappa shape index (κ3) is 3.54. The molecule has 0 fully saturated rings. The summed E-state index contributed by atoms with van der Waals surface area (Å²) in [5, 5.41) is 12.1. The van der Waals surface area contributed by atoms with Crippen LogP contribution in [0.25, 0.3) is 0 Å². The highest BCUT2D eigenvalue weighted by Gasteiger charge is 2.02. The second-order valence-corrected chi connectivity index (χ2v) is 5.52. The lowest BCUT2D eigenvalue weighted by Gasteiger charge is -2.11. The molecule has 0 aliphatic heterocycles. The van der Waals surface area contributed by atoms with E-state index in [1.54, 1.807) is 18.0 Å². The maximum absolute atomic E-state index is 12.1. The van der Waals surface area contributed by atoms with Crippen LogP contribution in [0.15, 0.2) is 53.4 Å². The molecule has 20 heavy (non-hydrogen) atoms. The summed E-state index contributed by atoms with van der Waals surface area (Å²) in [6.45, 7) is 0. The topological polar surface area (TPSA) is 29.3 Å². The Morgan fingerprint density at radius 3 is 2.10 bits per heavy atom. The van der Waals surface area contributed by atoms with Crippen LogP contribution in [0.1, 0.15) is 5.56 Å². The fourth-order valence-corrected chi connectivity index (χ4v) is 2.21. The van der Waals surface area contributed by atoms with E-state index in [2.05, 4.69) is 0 Å². The van der Waals surface area contributed by atoms with Gasteiger partial charge in [0, 0.05) is 42.4 Å². The van der Waals surface area contributed by atoms with Crippen molar-refractivity contribution in [1.29, 1.82) is 0 Å². The van der Waals surface area contributed by atoms with E-state index >= 15 is 0 Å². The van der Waals surface area contributed by atoms with Crippen molar-refractivity contribution >= 4 is 29.4 Å². The summed E-state index contributed by atoms with van der Waals surface area (Å²) in [5.74, 6) is 0. The van der Waals surface area contributed by atoms with Crippen LogP contribution in [0, 0.1) is 5.21 Å². The molecule has 0 heterocycles. The molecule has 2 aromatic carbocycles. The quantitative estimate of drug-likeness (QED) is 0.282. The van der Waals surface area contributed by atoms with Crippen molar-refractivity contribution in [2.24, 2.45) is 0 Å². The summed E-state index contributed by atoms with van der Waals surface area (Å²) in [5.41, 5.74) is 2.64. The average molecular weight is 286 g/mol. The molecule has 0 radical (unpaired) electrons. The molecule has 2 rings (SSSR count). The first-order valence-electron chi connectivity index (χ1n) is 6.33. The van der Waals surface area contributed by atoms with E-state index in [1.165, 1.54) is 0 Å². The van der Waals surface area contributed by atoms with Gasteiger partial charge in [0.15, 0.2) is 6.21 Å². The summed E-state index contributed by atoms with van der Waals surface area (Å²) in [6, 6.07) is 15.5. The number of benzene rings is 2. The summed E-state index contributed by atoms with van der Waals surface area (Å²) in [7, 11) is 3.98. The smallest absolute Gasteiger partial charge is 0.216 e. The van der Waals surface area contributed by atoms with Crippen molar-refractivity contribution in [2.45, 2.75) is 4.90 Å². The Morgan fingerprint density at radius 2 is 1.60 bits per heavy atom. The normalized spacial score (nSPS) is 11.4. The Bertz CT molecular complexity index is 589. The summed E-state index contributed by atoms with van der Waals surface area (Å²) < 4.78 is 0.898. The highest BCUT2D eigenvalue weighted by atomic mass is 32.2. The van der Waals surface area contributed by atoms with Gasteiger partial charge >= 0.3 is 0 Å². The Labute approximate surface area is 124 Å². The lowest BCUT2D eigenvalue weighted by molar-refractivity contribution is -0.354. The van der Waals surface area contributed by atoms with Crippen LogP contribution in [0.4, 0.5) is 11.4 Å². The van der Waals surface area contributed by atoms with Crippen LogP contribution in [-0.4, -0.2) is 31.3 Å². The minimum atomic E-state index is 0.638. The average Bonchev–Trinajstić information content (AvgIpc) is 2.48. The molecule has 0 saturated carbocycles. The molecule has 0 amide bonds. The van der Waals surface area contributed by atoms with E-state index in [-0.39, 0.29) is 0 Å². The molecule has 2 aromatic rings. The van der Waals surface area contributed by atoms with Crippen molar-refractivity contribution in [2.75, 3.05) is 25.3 Å². The first kappa shape index (κ1) is 14.5. The van der Waals surface area contributed by atoms with Gasteiger partial charge in [-0.25, -0.2) is 0 Å². The largest absolute Gasteiger partial charge is 0.618 e. The van der Waals surface area contributed by atoms with Crippen LogP contribution in [0.5, 0.6) is 0 Å². The van der Waals surface area contributed by atoms with Gasteiger partial charge in [-0.15, -0.1) is 11.8 Å². The molecular formula is C16H18N2OS. The molecule has 0 spiro atoms. The van der Waals surface area contributed by atoms with E-state index in [9.17, 15) is 5.21 Å². The first-order chi connectivity index (χ1) is 9.60. The molecule has 0 atom stereocenters. The molecule has 0 unspecified atom stereocenters. The molecule has 0 saturated heterocycles. The Balaban J connectivity index is 2.20. The zero-order valence-electron chi connectivity index (χ0n) is 11.9. The molecule has 0 aliphatic carbocycles. The SMILES string of the molecule is CSc1ccc(/[N+]([O-])=C/c2ccc(N(C)C)cc2)cc1. The Kier molecular flexibility index (Phi) is 4.69. The highest BCUT2D eigenvalue weighted by molar-refractivity contribution is 7.98. The first-order valence-corrected chi connectivity index (χ1v) is 7.55. The Hall–Kier alpha value is -1.94. The number of rotatable bonds is 4. The maximum atomic E-state index is 12.1. The van der Waals surface area contributed by atoms with Gasteiger partial charge in [-0.2, -0.15) is 4.74 Å². The number of hydrogen-bond donors (Lipinski definition) is 0. The van der Waals surface area contributed by atoms with Gasteiger partial charge in [0.05, 0.1) is 0 Å². The summed E-state index contributed by atoms with van der Waals surface area (Å²) in [4.78, 5) is 3.18. The van der Waals surface area contributed by atoms with Gasteiger partial charge in [0.2, 0.25) is 5.69 Å². The van der Waals surface area contributed by atoms with Crippen molar-refractivity contribution in [3.05, 3.63) is 59.3 Å². The van der Waals surface area contributed by atoms with E-state index in [0.717, 1.165) is 20.9 Å². The van der Waals surface area contributed by atoms with Crippen LogP contribution in [-0.2, 0) is 0 Å². The fourth-order valence-electron chi connectivity index (χ4n) is 1.80. The number of nitrogens with zero attached hydrogens (tertiary/aromatic N) is 2. The van der Waals surface area contributed by atoms with E-state index in [1.807, 2.05) is 73.8 Å². The molecule has 3 nitrogen and oxygen atoms in total. The predicted molar refractivity (Wildman–Crippen MR) is 87.4 cm³/mol. The number of anilines is 1. The van der Waals surface area contributed by atoms with Gasteiger partial charge in [0.1, 0.15) is 0 Å². The van der Waals surface area contributed by atoms with E-state index in [4.69, 9.17) is 0 Å². The Morgan fingerprint density at radius 1 is 1.00 bits per heavy atom. The van der Waals surface area contributed by atoms with E-state index < -0.39 is 0 Å². The van der Waals surface area contributed by atoms with Gasteiger partial charge in [-0.05, 0) is 42.7 Å². The molecule has 4 heteroatoms. The van der Waals surface area contributed by atoms with Crippen molar-refractivity contribution in [3.8, 4) is 0 Å². The number of hydrogen-bond acceptors (Lipinski definition) is 3. The van der Waals surface area contributed by atoms with Crippen molar-refractivity contribution in [3.63, 3.8) is 0 Å². The molecule has 0 aromatic heterocycles. The van der Waals surface area contributed by atoms with Gasteiger partial charge in [0.25, 0.3) is 0 Å². The molecule has 0 aliphatic rings.